The van der Waals surface area contributed by atoms with Crippen LogP contribution in [0.25, 0.3) is 5.69 Å². The van der Waals surface area contributed by atoms with Crippen LogP contribution in [0, 0.1) is 20.8 Å². The van der Waals surface area contributed by atoms with Gasteiger partial charge >= 0.3 is 0 Å². The highest BCUT2D eigenvalue weighted by Gasteiger charge is 2.15. The lowest BCUT2D eigenvalue weighted by molar-refractivity contribution is 0.102. The molecule has 0 atom stereocenters. The molecule has 2 aromatic heterocycles. The number of ketones is 1. The first-order chi connectivity index (χ1) is 11.0. The van der Waals surface area contributed by atoms with Crippen LogP contribution in [-0.2, 0) is 0 Å². The Morgan fingerprint density at radius 1 is 1.22 bits per heavy atom. The Hall–Kier alpha value is -1.99. The molecule has 0 bridgehead atoms. The van der Waals surface area contributed by atoms with Crippen LogP contribution in [-0.4, -0.2) is 31.7 Å². The predicted octanol–water partition coefficient (Wildman–Crippen LogP) is 3.62. The number of hydrogen-bond donors (Lipinski definition) is 0. The molecule has 2 heterocycles. The van der Waals surface area contributed by atoms with Crippen molar-refractivity contribution < 1.29 is 4.79 Å². The number of thiophene rings is 1. The number of thioether (sulfide) groups is 1. The average molecular weight is 344 g/mol. The number of aromatic nitrogens is 4. The fourth-order valence-corrected chi connectivity index (χ4v) is 3.82. The quantitative estimate of drug-likeness (QED) is 0.522. The lowest BCUT2D eigenvalue weighted by atomic mass is 10.1. The Kier molecular flexibility index (Phi) is 4.58. The van der Waals surface area contributed by atoms with E-state index in [2.05, 4.69) is 21.6 Å². The number of tetrazole rings is 1. The molecule has 0 fully saturated rings. The summed E-state index contributed by atoms with van der Waals surface area (Å²) in [5, 5.41) is 12.5. The summed E-state index contributed by atoms with van der Waals surface area (Å²) in [4.78, 5) is 14.1. The second-order valence-electron chi connectivity index (χ2n) is 5.29. The normalized spacial score (nSPS) is 10.9. The molecule has 0 amide bonds. The molecule has 3 aromatic rings. The van der Waals surface area contributed by atoms with Gasteiger partial charge in [-0.15, -0.1) is 16.4 Å². The highest BCUT2D eigenvalue weighted by atomic mass is 32.2. The molecule has 0 aliphatic rings. The first-order valence-electron chi connectivity index (χ1n) is 7.13. The molecule has 0 saturated carbocycles. The molecule has 7 heteroatoms. The van der Waals surface area contributed by atoms with Crippen molar-refractivity contribution in [2.75, 3.05) is 5.75 Å². The number of hydrogen-bond acceptors (Lipinski definition) is 6. The third kappa shape index (κ3) is 3.51. The van der Waals surface area contributed by atoms with Crippen LogP contribution in [0.5, 0.6) is 0 Å². The van der Waals surface area contributed by atoms with Gasteiger partial charge in [0, 0.05) is 4.88 Å². The van der Waals surface area contributed by atoms with Crippen LogP contribution in [0.2, 0.25) is 0 Å². The summed E-state index contributed by atoms with van der Waals surface area (Å²) in [6.45, 7) is 6.04. The Balaban J connectivity index is 1.79. The minimum absolute atomic E-state index is 0.101. The predicted molar refractivity (Wildman–Crippen MR) is 92.7 cm³/mol. The summed E-state index contributed by atoms with van der Waals surface area (Å²) in [7, 11) is 0. The fourth-order valence-electron chi connectivity index (χ4n) is 2.15. The van der Waals surface area contributed by atoms with E-state index in [1.807, 2.05) is 45.0 Å². The van der Waals surface area contributed by atoms with E-state index in [0.29, 0.717) is 10.9 Å². The monoisotopic (exact) mass is 344 g/mol. The van der Waals surface area contributed by atoms with Crippen molar-refractivity contribution in [3.8, 4) is 5.69 Å². The van der Waals surface area contributed by atoms with Crippen molar-refractivity contribution in [1.82, 2.24) is 20.2 Å². The van der Waals surface area contributed by atoms with Crippen LogP contribution >= 0.6 is 23.1 Å². The van der Waals surface area contributed by atoms with Gasteiger partial charge in [0.1, 0.15) is 0 Å². The molecule has 0 aliphatic carbocycles. The van der Waals surface area contributed by atoms with Crippen LogP contribution in [0.4, 0.5) is 0 Å². The van der Waals surface area contributed by atoms with Gasteiger partial charge < -0.3 is 0 Å². The topological polar surface area (TPSA) is 60.7 Å². The molecular weight excluding hydrogens is 328 g/mol. The van der Waals surface area contributed by atoms with E-state index in [1.54, 1.807) is 4.68 Å². The minimum atomic E-state index is 0.101. The molecule has 0 N–H and O–H groups in total. The van der Waals surface area contributed by atoms with Crippen molar-refractivity contribution in [2.24, 2.45) is 0 Å². The van der Waals surface area contributed by atoms with Crippen molar-refractivity contribution in [3.63, 3.8) is 0 Å². The van der Waals surface area contributed by atoms with Gasteiger partial charge in [-0.1, -0.05) is 23.9 Å². The van der Waals surface area contributed by atoms with Crippen molar-refractivity contribution >= 4 is 28.9 Å². The van der Waals surface area contributed by atoms with E-state index in [9.17, 15) is 4.79 Å². The van der Waals surface area contributed by atoms with Gasteiger partial charge in [-0.25, -0.2) is 0 Å². The summed E-state index contributed by atoms with van der Waals surface area (Å²) in [6, 6.07) is 9.97. The Labute approximate surface area is 142 Å². The Morgan fingerprint density at radius 3 is 2.78 bits per heavy atom. The smallest absolute Gasteiger partial charge is 0.214 e. The van der Waals surface area contributed by atoms with E-state index in [4.69, 9.17) is 0 Å². The van der Waals surface area contributed by atoms with Crippen LogP contribution in [0.15, 0.2) is 35.5 Å². The minimum Gasteiger partial charge on any atom is -0.292 e. The number of aryl methyl sites for hydroxylation is 3. The van der Waals surface area contributed by atoms with Crippen molar-refractivity contribution in [1.29, 1.82) is 0 Å². The Morgan fingerprint density at radius 2 is 2.04 bits per heavy atom. The second kappa shape index (κ2) is 6.64. The molecule has 5 nitrogen and oxygen atoms in total. The molecule has 0 aliphatic heterocycles. The summed E-state index contributed by atoms with van der Waals surface area (Å²) in [5.41, 5.74) is 3.17. The molecule has 118 valence electrons. The number of Topliss-reactive ketones (excluding diaryl/α,β-unsaturated/α-hetero) is 1. The molecule has 1 aromatic carbocycles. The first kappa shape index (κ1) is 15.9. The second-order valence-corrected chi connectivity index (χ2v) is 7.52. The van der Waals surface area contributed by atoms with E-state index >= 15 is 0 Å². The van der Waals surface area contributed by atoms with E-state index in [0.717, 1.165) is 26.6 Å². The molecule has 3 rings (SSSR count). The van der Waals surface area contributed by atoms with Gasteiger partial charge in [0.05, 0.1) is 16.3 Å². The molecule has 0 spiro atoms. The van der Waals surface area contributed by atoms with Crippen LogP contribution in [0.1, 0.15) is 25.7 Å². The Bertz CT molecular complexity index is 853. The van der Waals surface area contributed by atoms with Gasteiger partial charge in [-0.05, 0) is 60.5 Å². The number of carbonyl (C=O) groups excluding carboxylic acids is 1. The summed E-state index contributed by atoms with van der Waals surface area (Å²) in [6.07, 6.45) is 0. The number of rotatable bonds is 5. The zero-order chi connectivity index (χ0) is 16.4. The largest absolute Gasteiger partial charge is 0.292 e. The standard InChI is InChI=1S/C16H16N4OS2/c1-10-4-5-11(2)13(8-10)20-16(17-18-19-20)22-9-14(21)15-7-6-12(3)23-15/h4-8H,9H2,1-3H3. The molecular formula is C16H16N4OS2. The lowest BCUT2D eigenvalue weighted by Gasteiger charge is -2.08. The van der Waals surface area contributed by atoms with Gasteiger partial charge in [0.25, 0.3) is 0 Å². The molecule has 0 radical (unpaired) electrons. The average Bonchev–Trinajstić information content (AvgIpc) is 3.16. The van der Waals surface area contributed by atoms with Gasteiger partial charge in [-0.2, -0.15) is 4.68 Å². The van der Waals surface area contributed by atoms with E-state index in [1.165, 1.54) is 23.1 Å². The zero-order valence-electron chi connectivity index (χ0n) is 13.1. The summed E-state index contributed by atoms with van der Waals surface area (Å²) in [5.74, 6) is 0.425. The summed E-state index contributed by atoms with van der Waals surface area (Å²) < 4.78 is 1.69. The highest BCUT2D eigenvalue weighted by Crippen LogP contribution is 2.24. The maximum absolute atomic E-state index is 12.2. The summed E-state index contributed by atoms with van der Waals surface area (Å²) >= 11 is 2.88. The van der Waals surface area contributed by atoms with Crippen LogP contribution < -0.4 is 0 Å². The third-order valence-corrected chi connectivity index (χ3v) is 5.34. The van der Waals surface area contributed by atoms with Gasteiger partial charge in [-0.3, -0.25) is 4.79 Å². The molecule has 0 saturated heterocycles. The molecule has 23 heavy (non-hydrogen) atoms. The number of nitrogens with zero attached hydrogens (tertiary/aromatic N) is 4. The van der Waals surface area contributed by atoms with E-state index in [-0.39, 0.29) is 5.78 Å². The SMILES string of the molecule is Cc1ccc(C)c(-n2nnnc2SCC(=O)c2ccc(C)s2)c1. The van der Waals surface area contributed by atoms with Crippen molar-refractivity contribution in [3.05, 3.63) is 51.2 Å². The number of carbonyl (C=O) groups is 1. The van der Waals surface area contributed by atoms with Gasteiger partial charge in [0.15, 0.2) is 5.78 Å². The molecule has 0 unspecified atom stereocenters. The maximum atomic E-state index is 12.2. The van der Waals surface area contributed by atoms with Crippen LogP contribution in [0.3, 0.4) is 0 Å². The number of benzene rings is 1. The third-order valence-electron chi connectivity index (χ3n) is 3.38. The van der Waals surface area contributed by atoms with Crippen molar-refractivity contribution in [2.45, 2.75) is 25.9 Å². The first-order valence-corrected chi connectivity index (χ1v) is 8.93. The van der Waals surface area contributed by atoms with E-state index < -0.39 is 0 Å². The zero-order valence-corrected chi connectivity index (χ0v) is 14.7. The fraction of sp³-hybridized carbons (Fsp3) is 0.250. The van der Waals surface area contributed by atoms with Gasteiger partial charge in [0.2, 0.25) is 5.16 Å². The highest BCUT2D eigenvalue weighted by molar-refractivity contribution is 7.99. The maximum Gasteiger partial charge on any atom is 0.214 e. The lowest BCUT2D eigenvalue weighted by Crippen LogP contribution is -2.05.